The molecule has 0 saturated carbocycles. The van der Waals surface area contributed by atoms with Crippen LogP contribution in [0.3, 0.4) is 0 Å². The minimum atomic E-state index is 0.207. The van der Waals surface area contributed by atoms with E-state index in [1.54, 1.807) is 11.3 Å². The van der Waals surface area contributed by atoms with Crippen LogP contribution in [0, 0.1) is 0 Å². The van der Waals surface area contributed by atoms with Crippen molar-refractivity contribution < 1.29 is 9.53 Å². The molecule has 3 rings (SSSR count). The van der Waals surface area contributed by atoms with Crippen molar-refractivity contribution in [3.8, 4) is 0 Å². The highest BCUT2D eigenvalue weighted by molar-refractivity contribution is 7.10. The van der Waals surface area contributed by atoms with Crippen molar-refractivity contribution in [1.82, 2.24) is 14.7 Å². The maximum Gasteiger partial charge on any atom is 0.237 e. The molecule has 1 aromatic rings. The number of thiophene rings is 1. The number of ether oxygens (including phenoxy) is 1. The van der Waals surface area contributed by atoms with Crippen LogP contribution in [0.15, 0.2) is 17.5 Å². The molecule has 0 aromatic carbocycles. The zero-order valence-electron chi connectivity index (χ0n) is 14.1. The lowest BCUT2D eigenvalue weighted by atomic mass is 10.2. The normalized spacial score (nSPS) is 26.1. The van der Waals surface area contributed by atoms with Gasteiger partial charge in [-0.3, -0.25) is 9.69 Å². The SMILES string of the molecule is CN(C)C[C@@H]1CN(CC(=O)N2CCC[C@@H]2c2cccs2)CCO1. The van der Waals surface area contributed by atoms with Gasteiger partial charge in [-0.25, -0.2) is 0 Å². The molecule has 2 aliphatic rings. The molecule has 2 saturated heterocycles. The molecular formula is C17H27N3O2S. The van der Waals surface area contributed by atoms with Crippen LogP contribution in [0.5, 0.6) is 0 Å². The molecule has 1 amide bonds. The van der Waals surface area contributed by atoms with Crippen LogP contribution in [0.1, 0.15) is 23.8 Å². The molecule has 2 aliphatic heterocycles. The van der Waals surface area contributed by atoms with Crippen molar-refractivity contribution in [2.24, 2.45) is 0 Å². The van der Waals surface area contributed by atoms with Crippen LogP contribution in [0.2, 0.25) is 0 Å². The van der Waals surface area contributed by atoms with Gasteiger partial charge in [-0.15, -0.1) is 11.3 Å². The van der Waals surface area contributed by atoms with Crippen molar-refractivity contribution >= 4 is 17.2 Å². The van der Waals surface area contributed by atoms with Crippen LogP contribution < -0.4 is 0 Å². The lowest BCUT2D eigenvalue weighted by Gasteiger charge is -2.35. The summed E-state index contributed by atoms with van der Waals surface area (Å²) in [5, 5.41) is 2.10. The summed E-state index contributed by atoms with van der Waals surface area (Å²) in [5.74, 6) is 0.270. The van der Waals surface area contributed by atoms with E-state index in [1.165, 1.54) is 4.88 Å². The molecule has 5 nitrogen and oxygen atoms in total. The van der Waals surface area contributed by atoms with E-state index < -0.39 is 0 Å². The molecule has 2 fully saturated rings. The predicted molar refractivity (Wildman–Crippen MR) is 92.7 cm³/mol. The average molecular weight is 337 g/mol. The third kappa shape index (κ3) is 4.32. The number of carbonyl (C=O) groups is 1. The van der Waals surface area contributed by atoms with Crippen molar-refractivity contribution in [3.05, 3.63) is 22.4 Å². The Hall–Kier alpha value is -0.950. The lowest BCUT2D eigenvalue weighted by Crippen LogP contribution is -2.50. The molecule has 0 N–H and O–H groups in total. The average Bonchev–Trinajstić information content (AvgIpc) is 3.18. The van der Waals surface area contributed by atoms with Crippen LogP contribution in [0.25, 0.3) is 0 Å². The number of carbonyl (C=O) groups excluding carboxylic acids is 1. The first-order valence-corrected chi connectivity index (χ1v) is 9.33. The molecule has 1 aromatic heterocycles. The fraction of sp³-hybridized carbons (Fsp3) is 0.706. The number of hydrogen-bond donors (Lipinski definition) is 0. The van der Waals surface area contributed by atoms with E-state index >= 15 is 0 Å². The molecule has 23 heavy (non-hydrogen) atoms. The standard InChI is InChI=1S/C17H27N3O2S/c1-18(2)11-14-12-19(8-9-22-14)13-17(21)20-7-3-5-15(20)16-6-4-10-23-16/h4,6,10,14-15H,3,5,7-9,11-13H2,1-2H3/t14-,15-/m1/s1. The predicted octanol–water partition coefficient (Wildman–Crippen LogP) is 1.67. The number of amides is 1. The van der Waals surface area contributed by atoms with Crippen molar-refractivity contribution in [3.63, 3.8) is 0 Å². The molecular weight excluding hydrogens is 310 g/mol. The van der Waals surface area contributed by atoms with E-state index in [-0.39, 0.29) is 12.0 Å². The van der Waals surface area contributed by atoms with Gasteiger partial charge in [-0.1, -0.05) is 6.07 Å². The van der Waals surface area contributed by atoms with Gasteiger partial charge in [-0.05, 0) is 38.4 Å². The van der Waals surface area contributed by atoms with Gasteiger partial charge in [0.2, 0.25) is 5.91 Å². The van der Waals surface area contributed by atoms with Crippen molar-refractivity contribution in [2.45, 2.75) is 25.0 Å². The zero-order valence-corrected chi connectivity index (χ0v) is 14.9. The summed E-state index contributed by atoms with van der Waals surface area (Å²) < 4.78 is 5.80. The fourth-order valence-corrected chi connectivity index (χ4v) is 4.44. The van der Waals surface area contributed by atoms with Gasteiger partial charge in [0.05, 0.1) is 25.3 Å². The topological polar surface area (TPSA) is 36.0 Å². The second-order valence-corrected chi connectivity index (χ2v) is 7.73. The molecule has 2 atom stereocenters. The first-order valence-electron chi connectivity index (χ1n) is 8.45. The molecule has 0 unspecified atom stereocenters. The Kier molecular flexibility index (Phi) is 5.69. The van der Waals surface area contributed by atoms with E-state index in [9.17, 15) is 4.79 Å². The first kappa shape index (κ1) is 16.9. The fourth-order valence-electron chi connectivity index (χ4n) is 3.57. The van der Waals surface area contributed by atoms with E-state index in [4.69, 9.17) is 4.74 Å². The Morgan fingerprint density at radius 1 is 1.43 bits per heavy atom. The summed E-state index contributed by atoms with van der Waals surface area (Å²) in [4.78, 5) is 20.6. The van der Waals surface area contributed by atoms with E-state index in [2.05, 4.69) is 46.3 Å². The van der Waals surface area contributed by atoms with Gasteiger partial charge in [0, 0.05) is 31.1 Å². The van der Waals surface area contributed by atoms with E-state index in [1.807, 2.05) is 0 Å². The van der Waals surface area contributed by atoms with Crippen LogP contribution >= 0.6 is 11.3 Å². The zero-order chi connectivity index (χ0) is 16.2. The Labute approximate surface area is 142 Å². The van der Waals surface area contributed by atoms with Crippen LogP contribution in [-0.4, -0.2) is 80.1 Å². The van der Waals surface area contributed by atoms with Gasteiger partial charge in [0.25, 0.3) is 0 Å². The maximum absolute atomic E-state index is 12.8. The Bertz CT molecular complexity index is 506. The molecule has 0 aliphatic carbocycles. The van der Waals surface area contributed by atoms with Crippen LogP contribution in [-0.2, 0) is 9.53 Å². The third-order valence-electron chi connectivity index (χ3n) is 4.60. The number of morpholine rings is 1. The minimum Gasteiger partial charge on any atom is -0.374 e. The Morgan fingerprint density at radius 2 is 2.30 bits per heavy atom. The van der Waals surface area contributed by atoms with E-state index in [0.29, 0.717) is 12.6 Å². The number of likely N-dealkylation sites (N-methyl/N-ethyl adjacent to an activating group) is 1. The smallest absolute Gasteiger partial charge is 0.237 e. The number of hydrogen-bond acceptors (Lipinski definition) is 5. The summed E-state index contributed by atoms with van der Waals surface area (Å²) >= 11 is 1.76. The van der Waals surface area contributed by atoms with Crippen molar-refractivity contribution in [2.75, 3.05) is 53.4 Å². The van der Waals surface area contributed by atoms with Gasteiger partial charge in [0.1, 0.15) is 0 Å². The maximum atomic E-state index is 12.8. The van der Waals surface area contributed by atoms with Gasteiger partial charge >= 0.3 is 0 Å². The molecule has 128 valence electrons. The second-order valence-electron chi connectivity index (χ2n) is 6.75. The highest BCUT2D eigenvalue weighted by Crippen LogP contribution is 2.34. The Morgan fingerprint density at radius 3 is 3.04 bits per heavy atom. The molecule has 3 heterocycles. The number of likely N-dealkylation sites (tertiary alicyclic amines) is 1. The summed E-state index contributed by atoms with van der Waals surface area (Å²) in [7, 11) is 4.12. The minimum absolute atomic E-state index is 0.207. The molecule has 0 spiro atoms. The Balaban J connectivity index is 1.56. The lowest BCUT2D eigenvalue weighted by molar-refractivity contribution is -0.135. The highest BCUT2D eigenvalue weighted by atomic mass is 32.1. The quantitative estimate of drug-likeness (QED) is 0.819. The largest absolute Gasteiger partial charge is 0.374 e. The molecule has 0 bridgehead atoms. The monoisotopic (exact) mass is 337 g/mol. The second kappa shape index (κ2) is 7.75. The van der Waals surface area contributed by atoms with Gasteiger partial charge < -0.3 is 14.5 Å². The van der Waals surface area contributed by atoms with Gasteiger partial charge in [-0.2, -0.15) is 0 Å². The van der Waals surface area contributed by atoms with Crippen LogP contribution in [0.4, 0.5) is 0 Å². The number of nitrogens with zero attached hydrogens (tertiary/aromatic N) is 3. The van der Waals surface area contributed by atoms with E-state index in [0.717, 1.165) is 45.6 Å². The third-order valence-corrected chi connectivity index (χ3v) is 5.57. The molecule has 0 radical (unpaired) electrons. The highest BCUT2D eigenvalue weighted by Gasteiger charge is 2.32. The first-order chi connectivity index (χ1) is 11.1. The summed E-state index contributed by atoms with van der Waals surface area (Å²) in [6.07, 6.45) is 2.41. The molecule has 6 heteroatoms. The van der Waals surface area contributed by atoms with Gasteiger partial charge in [0.15, 0.2) is 0 Å². The number of rotatable bonds is 5. The summed E-state index contributed by atoms with van der Waals surface area (Å²) in [6.45, 7) is 4.75. The summed E-state index contributed by atoms with van der Waals surface area (Å²) in [6, 6.07) is 4.53. The summed E-state index contributed by atoms with van der Waals surface area (Å²) in [5.41, 5.74) is 0. The van der Waals surface area contributed by atoms with Crippen molar-refractivity contribution in [1.29, 1.82) is 0 Å².